The van der Waals surface area contributed by atoms with Crippen LogP contribution in [-0.4, -0.2) is 0 Å². The Balaban J connectivity index is 0. The normalized spacial score (nSPS) is 0. The molecule has 0 fully saturated rings. The van der Waals surface area contributed by atoms with Gasteiger partial charge in [0.15, 0.2) is 0 Å². The minimum atomic E-state index is 0. The second-order valence-corrected chi connectivity index (χ2v) is 0. The van der Waals surface area contributed by atoms with Gasteiger partial charge in [-0.05, 0) is 0 Å². The minimum absolute atomic E-state index is 0. The van der Waals surface area contributed by atoms with E-state index in [9.17, 15) is 0 Å². The van der Waals surface area contributed by atoms with Crippen LogP contribution in [0.4, 0.5) is 0 Å². The first-order valence-electron chi connectivity index (χ1n) is 0. The standard InChI is InChI=1S/2N.2O.5Zn/q2*-3;2*-2;5*+2. The van der Waals surface area contributed by atoms with E-state index < -0.39 is 0 Å². The van der Waals surface area contributed by atoms with Crippen LogP contribution in [-0.2, 0) is 108 Å². The molecule has 4 nitrogen and oxygen atoms in total. The van der Waals surface area contributed by atoms with Gasteiger partial charge < -0.3 is 23.3 Å². The van der Waals surface area contributed by atoms with E-state index >= 15 is 0 Å². The number of nitrogens with zero attached hydrogens (tertiary/aromatic N) is 2. The summed E-state index contributed by atoms with van der Waals surface area (Å²) in [7, 11) is 0. The molecule has 0 N–H and O–H groups in total. The molecule has 32 valence electrons. The van der Waals surface area contributed by atoms with Crippen molar-refractivity contribution in [1.29, 1.82) is 0 Å². The molecule has 0 saturated heterocycles. The van der Waals surface area contributed by atoms with Crippen molar-refractivity contribution in [2.45, 2.75) is 0 Å². The van der Waals surface area contributed by atoms with Crippen LogP contribution in [0.1, 0.15) is 0 Å². The summed E-state index contributed by atoms with van der Waals surface area (Å²) in [6.45, 7) is 0. The summed E-state index contributed by atoms with van der Waals surface area (Å²) >= 11 is 0. The van der Waals surface area contributed by atoms with Crippen LogP contribution in [0.15, 0.2) is 0 Å². The third-order valence-corrected chi connectivity index (χ3v) is 0. The first kappa shape index (κ1) is 164. The molecule has 0 aromatic carbocycles. The average Bonchev–Trinajstić information content (AvgIpc) is 0. The quantitative estimate of drug-likeness (QED) is 0.533. The molecule has 0 rings (SSSR count). The van der Waals surface area contributed by atoms with Crippen molar-refractivity contribution in [3.63, 3.8) is 0 Å². The summed E-state index contributed by atoms with van der Waals surface area (Å²) in [5.74, 6) is 0. The zero-order valence-corrected chi connectivity index (χ0v) is 20.1. The van der Waals surface area contributed by atoms with E-state index in [1.165, 1.54) is 0 Å². The summed E-state index contributed by atoms with van der Waals surface area (Å²) in [5, 5.41) is 0. The minimum Gasteiger partial charge on any atom is -3.00 e. The maximum atomic E-state index is 0. The van der Waals surface area contributed by atoms with Crippen LogP contribution in [0, 0.1) is 0 Å². The zero-order valence-electron chi connectivity index (χ0n) is 5.25. The van der Waals surface area contributed by atoms with Crippen molar-refractivity contribution in [3.05, 3.63) is 12.3 Å². The van der Waals surface area contributed by atoms with Crippen LogP contribution in [0.25, 0.3) is 12.3 Å². The molecule has 0 bridgehead atoms. The molecule has 0 aromatic rings. The molecule has 0 aliphatic heterocycles. The van der Waals surface area contributed by atoms with E-state index in [1.54, 1.807) is 0 Å². The van der Waals surface area contributed by atoms with Gasteiger partial charge in [0.05, 0.1) is 0 Å². The topological polar surface area (TPSA) is 118 Å². The third kappa shape index (κ3) is 101. The summed E-state index contributed by atoms with van der Waals surface area (Å²) in [6, 6.07) is 0. The number of hydrogen-bond acceptors (Lipinski definition) is 0. The van der Waals surface area contributed by atoms with Crippen LogP contribution in [0.2, 0.25) is 0 Å². The molecule has 9 heteroatoms. The predicted octanol–water partition coefficient (Wildman–Crippen LogP) is 0.327. The van der Waals surface area contributed by atoms with Crippen LogP contribution < -0.4 is 0 Å². The Morgan fingerprint density at radius 3 is 0.333 bits per heavy atom. The molecule has 0 saturated carbocycles. The molecule has 0 radical (unpaired) electrons. The molecule has 0 aliphatic carbocycles. The van der Waals surface area contributed by atoms with Gasteiger partial charge in [-0.1, -0.05) is 0 Å². The molecule has 0 atom stereocenters. The van der Waals surface area contributed by atoms with E-state index in [0.29, 0.717) is 0 Å². The first-order chi connectivity index (χ1) is 0. The average molecular weight is 387 g/mol. The van der Waals surface area contributed by atoms with Gasteiger partial charge in [-0.15, -0.1) is 0 Å². The molecule has 0 amide bonds. The molecule has 9 heavy (non-hydrogen) atoms. The van der Waals surface area contributed by atoms with Gasteiger partial charge in [-0.2, -0.15) is 0 Å². The van der Waals surface area contributed by atoms with Gasteiger partial charge >= 0.3 is 97.4 Å². The molecule has 0 aromatic heterocycles. The molecule has 0 heterocycles. The molecular weight excluding hydrogens is 387 g/mol. The summed E-state index contributed by atoms with van der Waals surface area (Å²) in [4.78, 5) is 0. The Morgan fingerprint density at radius 2 is 0.333 bits per heavy atom. The van der Waals surface area contributed by atoms with E-state index in [0.717, 1.165) is 0 Å². The van der Waals surface area contributed by atoms with Crippen molar-refractivity contribution >= 4 is 0 Å². The van der Waals surface area contributed by atoms with Crippen molar-refractivity contribution in [3.8, 4) is 0 Å². The number of hydrogen-bond donors (Lipinski definition) is 0. The molecular formula is N2O2Zn5. The van der Waals surface area contributed by atoms with Crippen molar-refractivity contribution < 1.29 is 108 Å². The van der Waals surface area contributed by atoms with Crippen LogP contribution in [0.3, 0.4) is 0 Å². The van der Waals surface area contributed by atoms with Gasteiger partial charge in [-0.25, -0.2) is 0 Å². The largest absolute Gasteiger partial charge is 3.00 e. The zero-order chi connectivity index (χ0) is 0. The van der Waals surface area contributed by atoms with E-state index in [1.807, 2.05) is 0 Å². The second kappa shape index (κ2) is 124. The Labute approximate surface area is 119 Å². The SMILES string of the molecule is [N-3].[N-3].[O-2].[O-2].[Zn+2].[Zn+2].[Zn+2].[Zn+2].[Zn+2]. The Bertz CT molecular complexity index is 12.9. The molecule has 0 unspecified atom stereocenters. The second-order valence-electron chi connectivity index (χ2n) is 0. The van der Waals surface area contributed by atoms with Gasteiger partial charge in [-0.3, -0.25) is 0 Å². The number of rotatable bonds is 0. The van der Waals surface area contributed by atoms with Crippen LogP contribution in [0.5, 0.6) is 0 Å². The fraction of sp³-hybridized carbons (Fsp3) is 0. The molecule has 0 spiro atoms. The monoisotopic (exact) mass is 380 g/mol. The first-order valence-corrected chi connectivity index (χ1v) is 0. The maximum Gasteiger partial charge on any atom is 2.00 e. The van der Waals surface area contributed by atoms with E-state index in [4.69, 9.17) is 0 Å². The van der Waals surface area contributed by atoms with Crippen LogP contribution >= 0.6 is 0 Å². The summed E-state index contributed by atoms with van der Waals surface area (Å²) < 4.78 is 0. The van der Waals surface area contributed by atoms with Crippen molar-refractivity contribution in [1.82, 2.24) is 0 Å². The van der Waals surface area contributed by atoms with E-state index in [-0.39, 0.29) is 121 Å². The van der Waals surface area contributed by atoms with Gasteiger partial charge in [0, 0.05) is 0 Å². The Kier molecular flexibility index (Phi) is 2270. The third-order valence-electron chi connectivity index (χ3n) is 0. The predicted molar refractivity (Wildman–Crippen MR) is 8.09 cm³/mol. The van der Waals surface area contributed by atoms with Crippen molar-refractivity contribution in [2.75, 3.05) is 0 Å². The van der Waals surface area contributed by atoms with E-state index in [2.05, 4.69) is 0 Å². The van der Waals surface area contributed by atoms with Crippen molar-refractivity contribution in [2.24, 2.45) is 0 Å². The molecule has 0 aliphatic rings. The maximum absolute atomic E-state index is 0. The van der Waals surface area contributed by atoms with Gasteiger partial charge in [0.25, 0.3) is 0 Å². The Morgan fingerprint density at radius 1 is 0.333 bits per heavy atom. The Hall–Kier alpha value is 2.96. The smallest absolute Gasteiger partial charge is 2.00 e. The summed E-state index contributed by atoms with van der Waals surface area (Å²) in [5.41, 5.74) is 0. The summed E-state index contributed by atoms with van der Waals surface area (Å²) in [6.07, 6.45) is 0. The fourth-order valence-corrected chi connectivity index (χ4v) is 0. The van der Waals surface area contributed by atoms with Gasteiger partial charge in [0.2, 0.25) is 0 Å². The van der Waals surface area contributed by atoms with Gasteiger partial charge in [0.1, 0.15) is 0 Å². The fourth-order valence-electron chi connectivity index (χ4n) is 0.